The van der Waals surface area contributed by atoms with Crippen LogP contribution < -0.4 is 20.3 Å². The Kier molecular flexibility index (Phi) is 7.07. The number of aromatic nitrogens is 1. The lowest BCUT2D eigenvalue weighted by Crippen LogP contribution is -2.28. The Labute approximate surface area is 200 Å². The lowest BCUT2D eigenvalue weighted by Gasteiger charge is -2.17. The molecule has 1 aromatic heterocycles. The fraction of sp³-hybridized carbons (Fsp3) is 0.250. The van der Waals surface area contributed by atoms with Gasteiger partial charge in [0, 0.05) is 24.2 Å². The fourth-order valence-electron chi connectivity index (χ4n) is 3.61. The number of hydrogen-bond acceptors (Lipinski definition) is 7. The first kappa shape index (κ1) is 23.2. The molecular formula is C24H24N4O5S. The number of carbonyl (C=O) groups excluding carboxylic acids is 3. The molecule has 0 aliphatic carbocycles. The zero-order chi connectivity index (χ0) is 24.1. The Balaban J connectivity index is 1.52. The van der Waals surface area contributed by atoms with E-state index in [2.05, 4.69) is 15.6 Å². The quantitative estimate of drug-likeness (QED) is 0.519. The Morgan fingerprint density at radius 3 is 2.53 bits per heavy atom. The Hall–Kier alpha value is -3.92. The van der Waals surface area contributed by atoms with Crippen molar-refractivity contribution in [3.8, 4) is 17.0 Å². The van der Waals surface area contributed by atoms with Gasteiger partial charge in [-0.2, -0.15) is 0 Å². The Bertz CT molecular complexity index is 1180. The third kappa shape index (κ3) is 5.18. The van der Waals surface area contributed by atoms with Crippen LogP contribution in [0.5, 0.6) is 5.75 Å². The molecule has 1 atom stereocenters. The van der Waals surface area contributed by atoms with Crippen LogP contribution in [0.15, 0.2) is 54.6 Å². The molecule has 3 amide bonds. The lowest BCUT2D eigenvalue weighted by molar-refractivity contribution is -0.122. The highest BCUT2D eigenvalue weighted by Gasteiger charge is 2.35. The summed E-state index contributed by atoms with van der Waals surface area (Å²) in [6, 6.07) is 16.5. The normalized spacial score (nSPS) is 15.2. The van der Waals surface area contributed by atoms with E-state index in [0.717, 1.165) is 16.9 Å². The molecule has 2 N–H and O–H groups in total. The van der Waals surface area contributed by atoms with E-state index < -0.39 is 12.0 Å². The summed E-state index contributed by atoms with van der Waals surface area (Å²) in [6.45, 7) is 2.21. The predicted molar refractivity (Wildman–Crippen MR) is 130 cm³/mol. The van der Waals surface area contributed by atoms with Crippen molar-refractivity contribution in [1.82, 2.24) is 4.98 Å². The van der Waals surface area contributed by atoms with E-state index in [1.54, 1.807) is 43.2 Å². The highest BCUT2D eigenvalue weighted by Crippen LogP contribution is 2.37. The van der Waals surface area contributed by atoms with Gasteiger partial charge in [0.15, 0.2) is 5.13 Å². The van der Waals surface area contributed by atoms with Gasteiger partial charge in [0.1, 0.15) is 16.4 Å². The van der Waals surface area contributed by atoms with Gasteiger partial charge in [-0.3, -0.25) is 14.9 Å². The number of nitrogens with zero attached hydrogens (tertiary/aromatic N) is 2. The fourth-order valence-corrected chi connectivity index (χ4v) is 4.49. The maximum atomic E-state index is 13.1. The van der Waals surface area contributed by atoms with Crippen molar-refractivity contribution in [1.29, 1.82) is 0 Å². The molecule has 1 aliphatic heterocycles. The van der Waals surface area contributed by atoms with Crippen molar-refractivity contribution >= 4 is 45.1 Å². The average Bonchev–Trinajstić information content (AvgIpc) is 3.43. The van der Waals surface area contributed by atoms with Crippen molar-refractivity contribution in [3.63, 3.8) is 0 Å². The highest BCUT2D eigenvalue weighted by molar-refractivity contribution is 7.20. The van der Waals surface area contributed by atoms with Gasteiger partial charge in [0.2, 0.25) is 11.8 Å². The number of hydrogen-bond donors (Lipinski definition) is 2. The van der Waals surface area contributed by atoms with Crippen LogP contribution in [0, 0.1) is 5.92 Å². The van der Waals surface area contributed by atoms with Crippen LogP contribution in [0.25, 0.3) is 11.3 Å². The van der Waals surface area contributed by atoms with Gasteiger partial charge in [0.25, 0.3) is 0 Å². The summed E-state index contributed by atoms with van der Waals surface area (Å²) >= 11 is 1.13. The maximum Gasteiger partial charge on any atom is 0.413 e. The summed E-state index contributed by atoms with van der Waals surface area (Å²) < 4.78 is 10.1. The third-order valence-electron chi connectivity index (χ3n) is 5.28. The number of amides is 3. The lowest BCUT2D eigenvalue weighted by atomic mass is 10.1. The van der Waals surface area contributed by atoms with Crippen molar-refractivity contribution < 1.29 is 23.9 Å². The van der Waals surface area contributed by atoms with E-state index in [1.807, 2.05) is 30.3 Å². The second kappa shape index (κ2) is 10.3. The number of benzene rings is 2. The molecule has 3 aromatic rings. The van der Waals surface area contributed by atoms with Crippen LogP contribution in [0.1, 0.15) is 13.3 Å². The standard InChI is InChI=1S/C24H24N4O5S/c1-3-33-24(31)27-23-25-20(15-7-5-4-6-8-15)22(34-23)26-21(30)16-13-19(29)28(14-16)17-9-11-18(32-2)12-10-17/h4-12,16H,3,13-14H2,1-2H3,(H,26,30)(H,25,27,31). The van der Waals surface area contributed by atoms with Crippen molar-refractivity contribution in [2.75, 3.05) is 35.8 Å². The summed E-state index contributed by atoms with van der Waals surface area (Å²) in [5, 5.41) is 6.28. The molecule has 176 valence electrons. The molecule has 34 heavy (non-hydrogen) atoms. The zero-order valence-electron chi connectivity index (χ0n) is 18.7. The molecule has 2 heterocycles. The number of ether oxygens (including phenoxy) is 2. The number of carbonyl (C=O) groups is 3. The van der Waals surface area contributed by atoms with E-state index >= 15 is 0 Å². The minimum atomic E-state index is -0.620. The van der Waals surface area contributed by atoms with Crippen molar-refractivity contribution in [3.05, 3.63) is 54.6 Å². The summed E-state index contributed by atoms with van der Waals surface area (Å²) in [5.74, 6) is -0.243. The van der Waals surface area contributed by atoms with Gasteiger partial charge < -0.3 is 19.7 Å². The summed E-state index contributed by atoms with van der Waals surface area (Å²) in [7, 11) is 1.58. The Morgan fingerprint density at radius 2 is 1.85 bits per heavy atom. The first-order valence-corrected chi connectivity index (χ1v) is 11.6. The number of thiazole rings is 1. The van der Waals surface area contributed by atoms with Crippen LogP contribution in [0.3, 0.4) is 0 Å². The molecular weight excluding hydrogens is 456 g/mol. The van der Waals surface area contributed by atoms with Crippen LogP contribution in [-0.4, -0.2) is 43.2 Å². The SMILES string of the molecule is CCOC(=O)Nc1nc(-c2ccccc2)c(NC(=O)C2CC(=O)N(c3ccc(OC)cc3)C2)s1. The monoisotopic (exact) mass is 480 g/mol. The van der Waals surface area contributed by atoms with E-state index in [9.17, 15) is 14.4 Å². The minimum absolute atomic E-state index is 0.102. The van der Waals surface area contributed by atoms with Crippen LogP contribution in [0.2, 0.25) is 0 Å². The second-order valence-corrected chi connectivity index (χ2v) is 8.50. The topological polar surface area (TPSA) is 110 Å². The molecule has 1 fully saturated rings. The molecule has 0 radical (unpaired) electrons. The van der Waals surface area contributed by atoms with E-state index in [-0.39, 0.29) is 31.4 Å². The van der Waals surface area contributed by atoms with Gasteiger partial charge in [0.05, 0.1) is 19.6 Å². The van der Waals surface area contributed by atoms with Crippen molar-refractivity contribution in [2.45, 2.75) is 13.3 Å². The molecule has 10 heteroatoms. The zero-order valence-corrected chi connectivity index (χ0v) is 19.6. The minimum Gasteiger partial charge on any atom is -0.497 e. The van der Waals surface area contributed by atoms with Gasteiger partial charge in [-0.15, -0.1) is 0 Å². The largest absolute Gasteiger partial charge is 0.497 e. The smallest absolute Gasteiger partial charge is 0.413 e. The van der Waals surface area contributed by atoms with Crippen LogP contribution >= 0.6 is 11.3 Å². The van der Waals surface area contributed by atoms with E-state index in [1.165, 1.54) is 0 Å². The molecule has 9 nitrogen and oxygen atoms in total. The molecule has 0 saturated carbocycles. The first-order valence-electron chi connectivity index (χ1n) is 10.7. The molecule has 1 aliphatic rings. The number of nitrogens with one attached hydrogen (secondary N) is 2. The number of rotatable bonds is 7. The predicted octanol–water partition coefficient (Wildman–Crippen LogP) is 4.38. The molecule has 1 unspecified atom stereocenters. The van der Waals surface area contributed by atoms with E-state index in [4.69, 9.17) is 9.47 Å². The molecule has 0 spiro atoms. The third-order valence-corrected chi connectivity index (χ3v) is 6.16. The van der Waals surface area contributed by atoms with Crippen LogP contribution in [-0.2, 0) is 14.3 Å². The Morgan fingerprint density at radius 1 is 1.12 bits per heavy atom. The molecule has 0 bridgehead atoms. The molecule has 1 saturated heterocycles. The molecule has 2 aromatic carbocycles. The van der Waals surface area contributed by atoms with E-state index in [0.29, 0.717) is 27.3 Å². The summed E-state index contributed by atoms with van der Waals surface area (Å²) in [5.41, 5.74) is 2.03. The number of anilines is 3. The maximum absolute atomic E-state index is 13.1. The second-order valence-electron chi connectivity index (χ2n) is 7.50. The first-order chi connectivity index (χ1) is 16.5. The van der Waals surface area contributed by atoms with Gasteiger partial charge >= 0.3 is 6.09 Å². The van der Waals surface area contributed by atoms with Gasteiger partial charge in [-0.25, -0.2) is 9.78 Å². The number of methoxy groups -OCH3 is 1. The highest BCUT2D eigenvalue weighted by atomic mass is 32.1. The summed E-state index contributed by atoms with van der Waals surface area (Å²) in [4.78, 5) is 43.6. The molecule has 4 rings (SSSR count). The van der Waals surface area contributed by atoms with Gasteiger partial charge in [-0.05, 0) is 31.2 Å². The van der Waals surface area contributed by atoms with Crippen LogP contribution in [0.4, 0.5) is 20.6 Å². The van der Waals surface area contributed by atoms with Crippen molar-refractivity contribution in [2.24, 2.45) is 5.92 Å². The summed E-state index contributed by atoms with van der Waals surface area (Å²) in [6.07, 6.45) is -0.518. The average molecular weight is 481 g/mol. The van der Waals surface area contributed by atoms with Gasteiger partial charge in [-0.1, -0.05) is 41.7 Å².